The Balaban J connectivity index is 0. The molecule has 0 amide bonds. The largest absolute Gasteiger partial charge is 0.181 e. The second-order valence-corrected chi connectivity index (χ2v) is 24.2. The normalized spacial score (nSPS) is 13.0. The SMILES string of the molecule is [GeH3].[SiH2][SiH2][SiH2][SiH2]Cl. The molecule has 0 saturated heterocycles. The molecular weight excluding hydrogens is 220 g/mol. The van der Waals surface area contributed by atoms with Crippen molar-refractivity contribution in [3.63, 3.8) is 0 Å². The summed E-state index contributed by atoms with van der Waals surface area (Å²) in [5.74, 6) is 0. The van der Waals surface area contributed by atoms with Crippen molar-refractivity contribution in [1.82, 2.24) is 0 Å². The van der Waals surface area contributed by atoms with Crippen LogP contribution in [0.1, 0.15) is 0 Å². The van der Waals surface area contributed by atoms with Crippen molar-refractivity contribution >= 4 is 63.9 Å². The van der Waals surface area contributed by atoms with Gasteiger partial charge in [0.05, 0.1) is 0 Å². The molecular formula is H11ClGeSi4. The third-order valence-corrected chi connectivity index (χ3v) is 31.1. The second-order valence-electron chi connectivity index (χ2n) is 0.896. The van der Waals surface area contributed by atoms with Crippen molar-refractivity contribution in [3.8, 4) is 0 Å². The van der Waals surface area contributed by atoms with Crippen LogP contribution in [0.3, 0.4) is 0 Å². The van der Waals surface area contributed by atoms with Crippen LogP contribution in [0.4, 0.5) is 0 Å². The average Bonchev–Trinajstić information content (AvgIpc) is 1.41. The van der Waals surface area contributed by atoms with Crippen LogP contribution < -0.4 is 0 Å². The van der Waals surface area contributed by atoms with E-state index in [1.807, 2.05) is 0 Å². The zero-order valence-electron chi connectivity index (χ0n) is 4.21. The minimum Gasteiger partial charge on any atom is -0.181 e. The molecule has 0 saturated carbocycles. The van der Waals surface area contributed by atoms with Gasteiger partial charge in [-0.1, -0.05) is 0 Å². The van der Waals surface area contributed by atoms with Gasteiger partial charge in [0.1, 0.15) is 8.35 Å². The van der Waals surface area contributed by atoms with E-state index >= 15 is 0 Å². The smallest absolute Gasteiger partial charge is 0.106 e. The average molecular weight is 231 g/mol. The van der Waals surface area contributed by atoms with Crippen LogP contribution in [0.2, 0.25) is 0 Å². The monoisotopic (exact) mass is 232 g/mol. The van der Waals surface area contributed by atoms with E-state index in [2.05, 4.69) is 9.76 Å². The van der Waals surface area contributed by atoms with E-state index in [4.69, 9.17) is 11.1 Å². The molecule has 6 heteroatoms. The van der Waals surface area contributed by atoms with Crippen LogP contribution in [0.25, 0.3) is 0 Å². The van der Waals surface area contributed by atoms with Crippen molar-refractivity contribution in [2.75, 3.05) is 0 Å². The van der Waals surface area contributed by atoms with Crippen molar-refractivity contribution < 1.29 is 0 Å². The molecule has 0 N–H and O–H groups in total. The van der Waals surface area contributed by atoms with Crippen LogP contribution >= 0.6 is 11.1 Å². The van der Waals surface area contributed by atoms with E-state index in [-0.39, 0.29) is 25.9 Å². The first-order valence-corrected chi connectivity index (χ1v) is 15.9. The van der Waals surface area contributed by atoms with Crippen LogP contribution in [-0.2, 0) is 0 Å². The molecule has 0 aliphatic rings. The Bertz CT molecular complexity index is 15.0. The Labute approximate surface area is 63.7 Å². The fourth-order valence-corrected chi connectivity index (χ4v) is 23.0. The molecule has 0 atom stereocenters. The molecule has 0 rings (SSSR count). The summed E-state index contributed by atoms with van der Waals surface area (Å²) in [4.78, 5) is 0. The molecule has 0 nitrogen and oxygen atoms in total. The maximum absolute atomic E-state index is 5.54. The number of halogens is 1. The van der Waals surface area contributed by atoms with Gasteiger partial charge in [-0.3, -0.25) is 0 Å². The Morgan fingerprint density at radius 2 is 2.00 bits per heavy atom. The predicted molar refractivity (Wildman–Crippen MR) is 50.0 cm³/mol. The minimum absolute atomic E-state index is 0. The first kappa shape index (κ1) is 10.6. The summed E-state index contributed by atoms with van der Waals surface area (Å²) in [7, 11) is 3.29. The van der Waals surface area contributed by atoms with Gasteiger partial charge in [-0.2, -0.15) is 11.1 Å². The van der Waals surface area contributed by atoms with Gasteiger partial charge in [-0.05, 0) is 18.3 Å². The third kappa shape index (κ3) is 9.20. The van der Waals surface area contributed by atoms with Crippen LogP contribution in [0.15, 0.2) is 0 Å². The van der Waals surface area contributed by atoms with Crippen molar-refractivity contribution in [2.45, 2.75) is 0 Å². The molecule has 2 radical (unpaired) electrons. The molecule has 0 aromatic carbocycles. The maximum Gasteiger partial charge on any atom is 0.106 e. The molecule has 0 bridgehead atoms. The Hall–Kier alpha value is 1.70. The number of hydrogen-bond donors (Lipinski definition) is 0. The minimum atomic E-state index is 0. The molecule has 0 aromatic rings. The van der Waals surface area contributed by atoms with E-state index in [0.29, 0.717) is 17.1 Å². The van der Waals surface area contributed by atoms with Crippen molar-refractivity contribution in [1.29, 1.82) is 0 Å². The molecule has 0 aromatic heterocycles. The summed E-state index contributed by atoms with van der Waals surface area (Å²) in [6.45, 7) is 0. The Morgan fingerprint density at radius 1 is 1.50 bits per heavy atom. The van der Waals surface area contributed by atoms with Gasteiger partial charge in [0.25, 0.3) is 0 Å². The predicted octanol–water partition coefficient (Wildman–Crippen LogP) is -4.16. The summed E-state index contributed by atoms with van der Waals surface area (Å²) in [6, 6.07) is 0. The van der Waals surface area contributed by atoms with Crippen LogP contribution in [-0.4, -0.2) is 52.8 Å². The van der Waals surface area contributed by atoms with Gasteiger partial charge >= 0.3 is 17.6 Å². The standard InChI is InChI=1S/ClH8Si4.GeH3/c1-3-5-4-2;/h2-5H2;1H3. The maximum atomic E-state index is 5.54. The zero-order valence-corrected chi connectivity index (χ0v) is 14.8. The fourth-order valence-electron chi connectivity index (χ4n) is 0.0945. The summed E-state index contributed by atoms with van der Waals surface area (Å²) in [5, 5.41) is 0. The summed E-state index contributed by atoms with van der Waals surface area (Å²) < 4.78 is 0. The van der Waals surface area contributed by atoms with Gasteiger partial charge in [-0.15, -0.1) is 0 Å². The van der Waals surface area contributed by atoms with E-state index < -0.39 is 0 Å². The molecule has 6 heavy (non-hydrogen) atoms. The summed E-state index contributed by atoms with van der Waals surface area (Å²) in [5.41, 5.74) is 0. The van der Waals surface area contributed by atoms with Crippen LogP contribution in [0.5, 0.6) is 0 Å². The molecule has 0 heterocycles. The quantitative estimate of drug-likeness (QED) is 0.334. The Kier molecular flexibility index (Phi) is 17.5. The summed E-state index contributed by atoms with van der Waals surface area (Å²) >= 11 is 5.54. The molecule has 0 fully saturated rings. The first-order chi connectivity index (χ1) is 2.41. The van der Waals surface area contributed by atoms with Crippen molar-refractivity contribution in [2.24, 2.45) is 0 Å². The van der Waals surface area contributed by atoms with E-state index in [1.54, 1.807) is 0 Å². The van der Waals surface area contributed by atoms with Gasteiger partial charge in [0.2, 0.25) is 0 Å². The van der Waals surface area contributed by atoms with E-state index in [9.17, 15) is 0 Å². The van der Waals surface area contributed by atoms with Gasteiger partial charge < -0.3 is 0 Å². The second kappa shape index (κ2) is 9.85. The van der Waals surface area contributed by atoms with E-state index in [1.165, 1.54) is 0 Å². The zero-order chi connectivity index (χ0) is 4.12. The van der Waals surface area contributed by atoms with Gasteiger partial charge in [0, 0.05) is 8.55 Å². The number of rotatable bonds is 2. The summed E-state index contributed by atoms with van der Waals surface area (Å²) in [6.07, 6.45) is 0. The third-order valence-electron chi connectivity index (χ3n) is 0.384. The Morgan fingerprint density at radius 3 is 2.00 bits per heavy atom. The van der Waals surface area contributed by atoms with Gasteiger partial charge in [-0.25, -0.2) is 0 Å². The first-order valence-electron chi connectivity index (χ1n) is 1.77. The molecule has 0 spiro atoms. The number of hydrogen-bond acceptors (Lipinski definition) is 0. The topological polar surface area (TPSA) is 0 Å². The molecule has 0 unspecified atom stereocenters. The molecule has 0 aliphatic heterocycles. The van der Waals surface area contributed by atoms with E-state index in [0.717, 1.165) is 0 Å². The van der Waals surface area contributed by atoms with Crippen LogP contribution in [0, 0.1) is 0 Å². The molecule has 0 aliphatic carbocycles. The molecule has 38 valence electrons. The van der Waals surface area contributed by atoms with Gasteiger partial charge in [0.15, 0.2) is 0 Å². The van der Waals surface area contributed by atoms with Crippen molar-refractivity contribution in [3.05, 3.63) is 0 Å². The fraction of sp³-hybridized carbons (Fsp3) is 0.